The molecule has 0 N–H and O–H groups in total. The number of rotatable bonds is 4. The Morgan fingerprint density at radius 3 is 2.67 bits per heavy atom. The first-order chi connectivity index (χ1) is 10.2. The molecule has 0 bridgehead atoms. The van der Waals surface area contributed by atoms with Gasteiger partial charge in [0.25, 0.3) is 0 Å². The molecule has 1 aliphatic carbocycles. The van der Waals surface area contributed by atoms with Gasteiger partial charge < -0.3 is 4.57 Å². The van der Waals surface area contributed by atoms with Crippen LogP contribution in [0.25, 0.3) is 22.2 Å². The molecule has 108 valence electrons. The number of fused-ring (bicyclic) bond motifs is 2. The molecule has 1 heterocycles. The second-order valence-electron chi connectivity index (χ2n) is 5.06. The predicted octanol–water partition coefficient (Wildman–Crippen LogP) is 4.78. The van der Waals surface area contributed by atoms with Gasteiger partial charge in [0.2, 0.25) is 5.43 Å². The monoisotopic (exact) mass is 319 g/mol. The highest BCUT2D eigenvalue weighted by molar-refractivity contribution is 6.30. The van der Waals surface area contributed by atoms with E-state index in [0.29, 0.717) is 11.4 Å². The average Bonchev–Trinajstić information content (AvgIpc) is 2.51. The van der Waals surface area contributed by atoms with Gasteiger partial charge in [-0.3, -0.25) is 4.79 Å². The van der Waals surface area contributed by atoms with E-state index in [1.54, 1.807) is 6.07 Å². The molecule has 0 saturated heterocycles. The number of para-hydroxylation sites is 1. The lowest BCUT2D eigenvalue weighted by Crippen LogP contribution is -2.13. The Bertz CT molecular complexity index is 810. The van der Waals surface area contributed by atoms with Gasteiger partial charge in [-0.2, -0.15) is 0 Å². The first-order valence-electron chi connectivity index (χ1n) is 6.99. The molecule has 2 aliphatic rings. The molecule has 21 heavy (non-hydrogen) atoms. The number of unbranched alkanes of at least 4 members (excludes halogenated alkanes) is 1. The van der Waals surface area contributed by atoms with Crippen molar-refractivity contribution in [1.29, 1.82) is 0 Å². The summed E-state index contributed by atoms with van der Waals surface area (Å²) >= 11 is 11.8. The molecule has 0 radical (unpaired) electrons. The molecular formula is C17H15Cl2NO. The zero-order valence-corrected chi connectivity index (χ0v) is 13.0. The van der Waals surface area contributed by atoms with Crippen LogP contribution in [0.3, 0.4) is 0 Å². The van der Waals surface area contributed by atoms with E-state index in [2.05, 4.69) is 10.6 Å². The van der Waals surface area contributed by atoms with Crippen LogP contribution in [0.15, 0.2) is 47.3 Å². The fraction of sp³-hybridized carbons (Fsp3) is 0.235. The first-order valence-corrected chi connectivity index (χ1v) is 7.90. The number of benzene rings is 2. The molecule has 3 rings (SSSR count). The summed E-state index contributed by atoms with van der Waals surface area (Å²) in [4.78, 5) is 12.3. The van der Waals surface area contributed by atoms with Gasteiger partial charge in [0.15, 0.2) is 0 Å². The van der Waals surface area contributed by atoms with E-state index in [0.717, 1.165) is 36.0 Å². The molecule has 0 atom stereocenters. The van der Waals surface area contributed by atoms with Crippen LogP contribution in [0.2, 0.25) is 5.02 Å². The normalized spacial score (nSPS) is 11.3. The summed E-state index contributed by atoms with van der Waals surface area (Å²) in [6, 6.07) is 13.6. The number of alkyl halides is 1. The molecule has 0 fully saturated rings. The minimum atomic E-state index is -0.106. The van der Waals surface area contributed by atoms with Crippen molar-refractivity contribution in [3.8, 4) is 11.3 Å². The zero-order valence-electron chi connectivity index (χ0n) is 11.5. The van der Waals surface area contributed by atoms with Crippen molar-refractivity contribution >= 4 is 34.1 Å². The van der Waals surface area contributed by atoms with Gasteiger partial charge in [-0.25, -0.2) is 0 Å². The smallest absolute Gasteiger partial charge is 0.206 e. The van der Waals surface area contributed by atoms with E-state index < -0.39 is 0 Å². The molecule has 0 unspecified atom stereocenters. The van der Waals surface area contributed by atoms with Gasteiger partial charge in [0, 0.05) is 23.5 Å². The second-order valence-corrected chi connectivity index (χ2v) is 5.85. The van der Waals surface area contributed by atoms with E-state index in [9.17, 15) is 4.79 Å². The van der Waals surface area contributed by atoms with Gasteiger partial charge >= 0.3 is 0 Å². The maximum atomic E-state index is 12.3. The van der Waals surface area contributed by atoms with Crippen molar-refractivity contribution < 1.29 is 0 Å². The molecule has 0 amide bonds. The minimum absolute atomic E-state index is 0.106. The predicted molar refractivity (Wildman–Crippen MR) is 89.8 cm³/mol. The SMILES string of the molecule is O=c1c(Cl)ccc2n(CCCCCl)c3ccccc3cc1-2. The van der Waals surface area contributed by atoms with Gasteiger partial charge in [0.1, 0.15) is 0 Å². The Labute approximate surface area is 133 Å². The van der Waals surface area contributed by atoms with Crippen molar-refractivity contribution in [3.05, 3.63) is 57.7 Å². The number of aryl methyl sites for hydroxylation is 1. The zero-order chi connectivity index (χ0) is 14.8. The van der Waals surface area contributed by atoms with Crippen LogP contribution in [0.4, 0.5) is 0 Å². The van der Waals surface area contributed by atoms with Crippen LogP contribution in [-0.2, 0) is 6.54 Å². The molecule has 1 aromatic carbocycles. The lowest BCUT2D eigenvalue weighted by molar-refractivity contribution is 0.653. The Kier molecular flexibility index (Phi) is 4.18. The molecule has 0 saturated carbocycles. The van der Waals surface area contributed by atoms with Crippen molar-refractivity contribution in [2.75, 3.05) is 5.88 Å². The Balaban J connectivity index is 2.28. The summed E-state index contributed by atoms with van der Waals surface area (Å²) in [5, 5.41) is 1.32. The van der Waals surface area contributed by atoms with E-state index in [-0.39, 0.29) is 10.5 Å². The average molecular weight is 320 g/mol. The van der Waals surface area contributed by atoms with Crippen LogP contribution < -0.4 is 5.43 Å². The summed E-state index contributed by atoms with van der Waals surface area (Å²) in [6.07, 6.45) is 1.94. The number of nitrogens with zero attached hydrogens (tertiary/aromatic N) is 1. The van der Waals surface area contributed by atoms with Crippen LogP contribution in [0, 0.1) is 0 Å². The van der Waals surface area contributed by atoms with Gasteiger partial charge in [-0.1, -0.05) is 29.8 Å². The molecular weight excluding hydrogens is 305 g/mol. The van der Waals surface area contributed by atoms with Crippen molar-refractivity contribution in [1.82, 2.24) is 4.57 Å². The fourth-order valence-electron chi connectivity index (χ4n) is 2.68. The topological polar surface area (TPSA) is 22.0 Å². The summed E-state index contributed by atoms with van der Waals surface area (Å²) in [6.45, 7) is 0.839. The van der Waals surface area contributed by atoms with Crippen molar-refractivity contribution in [2.45, 2.75) is 19.4 Å². The van der Waals surface area contributed by atoms with Crippen LogP contribution in [0.5, 0.6) is 0 Å². The van der Waals surface area contributed by atoms with Crippen molar-refractivity contribution in [3.63, 3.8) is 0 Å². The molecule has 0 spiro atoms. The van der Waals surface area contributed by atoms with E-state index in [4.69, 9.17) is 23.2 Å². The maximum absolute atomic E-state index is 12.3. The maximum Gasteiger partial charge on any atom is 0.206 e. The van der Waals surface area contributed by atoms with Crippen LogP contribution in [-0.4, -0.2) is 10.4 Å². The van der Waals surface area contributed by atoms with E-state index in [1.807, 2.05) is 30.3 Å². The summed E-state index contributed by atoms with van der Waals surface area (Å²) in [5.41, 5.74) is 2.62. The van der Waals surface area contributed by atoms with E-state index >= 15 is 0 Å². The van der Waals surface area contributed by atoms with Crippen LogP contribution in [0.1, 0.15) is 12.8 Å². The number of aromatic nitrogens is 1. The second kappa shape index (κ2) is 6.08. The number of hydrogen-bond donors (Lipinski definition) is 0. The highest BCUT2D eigenvalue weighted by Crippen LogP contribution is 2.27. The number of pyridine rings is 1. The number of hydrogen-bond acceptors (Lipinski definition) is 1. The summed E-state index contributed by atoms with van der Waals surface area (Å²) in [5.74, 6) is 0.655. The van der Waals surface area contributed by atoms with Gasteiger partial charge in [-0.05, 0) is 42.5 Å². The third kappa shape index (κ3) is 2.66. The third-order valence-corrected chi connectivity index (χ3v) is 4.27. The molecule has 1 aromatic rings. The largest absolute Gasteiger partial charge is 0.340 e. The fourth-order valence-corrected chi connectivity index (χ4v) is 3.04. The Morgan fingerprint density at radius 2 is 1.86 bits per heavy atom. The van der Waals surface area contributed by atoms with E-state index in [1.165, 1.54) is 0 Å². The number of halogens is 2. The molecule has 1 aliphatic heterocycles. The highest BCUT2D eigenvalue weighted by Gasteiger charge is 2.15. The minimum Gasteiger partial charge on any atom is -0.340 e. The lowest BCUT2D eigenvalue weighted by atomic mass is 10.0. The Hall–Kier alpha value is -1.51. The van der Waals surface area contributed by atoms with Crippen LogP contribution >= 0.6 is 23.2 Å². The summed E-state index contributed by atoms with van der Waals surface area (Å²) in [7, 11) is 0. The first kappa shape index (κ1) is 14.4. The molecule has 0 aromatic heterocycles. The van der Waals surface area contributed by atoms with Gasteiger partial charge in [-0.15, -0.1) is 11.6 Å². The third-order valence-electron chi connectivity index (χ3n) is 3.71. The highest BCUT2D eigenvalue weighted by atomic mass is 35.5. The molecule has 2 nitrogen and oxygen atoms in total. The standard InChI is InChI=1S/C17H15Cl2NO/c18-9-3-4-10-20-15-6-2-1-5-12(15)11-13-16(20)8-7-14(19)17(13)21/h1-2,5-8,11H,3-4,9-10H2. The molecule has 4 heteroatoms. The Morgan fingerprint density at radius 1 is 1.05 bits per heavy atom. The van der Waals surface area contributed by atoms with Crippen molar-refractivity contribution in [2.24, 2.45) is 0 Å². The lowest BCUT2D eigenvalue weighted by Gasteiger charge is -2.19. The van der Waals surface area contributed by atoms with Gasteiger partial charge in [0.05, 0.1) is 10.7 Å². The quantitative estimate of drug-likeness (QED) is 0.385. The summed E-state index contributed by atoms with van der Waals surface area (Å²) < 4.78 is 2.19.